The number of hydrogen-bond donors (Lipinski definition) is 0. The van der Waals surface area contributed by atoms with Crippen molar-refractivity contribution in [1.29, 1.82) is 0 Å². The third kappa shape index (κ3) is 3.56. The molecule has 0 saturated carbocycles. The molecular weight excluding hydrogens is 378 g/mol. The van der Waals surface area contributed by atoms with E-state index in [4.69, 9.17) is 11.6 Å². The summed E-state index contributed by atoms with van der Waals surface area (Å²) < 4.78 is 0.975. The highest BCUT2D eigenvalue weighted by Crippen LogP contribution is 2.37. The van der Waals surface area contributed by atoms with E-state index in [0.29, 0.717) is 16.8 Å². The molecule has 23 heavy (non-hydrogen) atoms. The molecule has 0 spiro atoms. The Morgan fingerprint density at radius 2 is 1.74 bits per heavy atom. The van der Waals surface area contributed by atoms with Crippen LogP contribution in [-0.2, 0) is 4.79 Å². The van der Waals surface area contributed by atoms with Crippen molar-refractivity contribution in [3.05, 3.63) is 44.3 Å². The van der Waals surface area contributed by atoms with Gasteiger partial charge < -0.3 is 0 Å². The number of rotatable bonds is 4. The molecule has 1 aromatic carbocycles. The molecule has 0 aliphatic carbocycles. The number of benzene rings is 1. The molecule has 1 amide bonds. The predicted octanol–water partition coefficient (Wildman–Crippen LogP) is 5.24. The Morgan fingerprint density at radius 1 is 1.17 bits per heavy atom. The van der Waals surface area contributed by atoms with Crippen molar-refractivity contribution in [2.45, 2.75) is 40.5 Å². The van der Waals surface area contributed by atoms with Crippen LogP contribution in [0.4, 0.5) is 11.5 Å². The number of nitrogens with zero attached hydrogens (tertiary/aromatic N) is 3. The fourth-order valence-corrected chi connectivity index (χ4v) is 3.82. The molecule has 0 aliphatic heterocycles. The monoisotopic (exact) mass is 395 g/mol. The number of aromatic nitrogens is 2. The van der Waals surface area contributed by atoms with Gasteiger partial charge in [-0.3, -0.25) is 9.69 Å². The minimum absolute atomic E-state index is 0.0941. The minimum Gasteiger partial charge on any atom is -0.278 e. The lowest BCUT2D eigenvalue weighted by Gasteiger charge is -2.25. The highest BCUT2D eigenvalue weighted by Gasteiger charge is 2.23. The number of carbonyl (C=O) groups excluding carboxylic acids is 1. The first-order valence-corrected chi connectivity index (χ1v) is 8.48. The van der Waals surface area contributed by atoms with Crippen LogP contribution < -0.4 is 4.90 Å². The van der Waals surface area contributed by atoms with E-state index in [1.54, 1.807) is 11.8 Å². The number of hydrogen-bond acceptors (Lipinski definition) is 3. The van der Waals surface area contributed by atoms with Crippen LogP contribution in [0, 0.1) is 20.8 Å². The van der Waals surface area contributed by atoms with Gasteiger partial charge in [-0.2, -0.15) is 0 Å². The van der Waals surface area contributed by atoms with Gasteiger partial charge in [0.25, 0.3) is 0 Å². The van der Waals surface area contributed by atoms with Crippen LogP contribution in [0.25, 0.3) is 0 Å². The second kappa shape index (κ2) is 6.97. The second-order valence-corrected chi connectivity index (χ2v) is 7.09. The Balaban J connectivity index is 2.75. The van der Waals surface area contributed by atoms with E-state index in [0.717, 1.165) is 33.3 Å². The molecule has 0 N–H and O–H groups in total. The first-order chi connectivity index (χ1) is 10.8. The van der Waals surface area contributed by atoms with E-state index in [9.17, 15) is 4.79 Å². The molecule has 0 unspecified atom stereocenters. The summed E-state index contributed by atoms with van der Waals surface area (Å²) >= 11 is 9.80. The van der Waals surface area contributed by atoms with E-state index in [1.807, 2.05) is 39.8 Å². The van der Waals surface area contributed by atoms with Crippen LogP contribution in [0.1, 0.15) is 42.3 Å². The van der Waals surface area contributed by atoms with E-state index >= 15 is 0 Å². The summed E-state index contributed by atoms with van der Waals surface area (Å²) in [5.74, 6) is 1.17. The molecule has 0 radical (unpaired) electrons. The summed E-state index contributed by atoms with van der Waals surface area (Å²) in [6.45, 7) is 9.72. The maximum absolute atomic E-state index is 11.9. The number of carbonyl (C=O) groups is 1. The third-order valence-electron chi connectivity index (χ3n) is 3.60. The Morgan fingerprint density at radius 3 is 2.22 bits per heavy atom. The van der Waals surface area contributed by atoms with Crippen molar-refractivity contribution >= 4 is 45.4 Å². The predicted molar refractivity (Wildman–Crippen MR) is 97.7 cm³/mol. The number of aryl methyl sites for hydroxylation is 3. The molecule has 6 heteroatoms. The summed E-state index contributed by atoms with van der Waals surface area (Å²) in [6, 6.07) is 3.95. The van der Waals surface area contributed by atoms with Gasteiger partial charge in [0.05, 0.1) is 5.69 Å². The summed E-state index contributed by atoms with van der Waals surface area (Å²) in [4.78, 5) is 22.2. The summed E-state index contributed by atoms with van der Waals surface area (Å²) in [7, 11) is 0. The second-order valence-electron chi connectivity index (χ2n) is 5.82. The standard InChI is InChI=1S/C17H19BrClN3O/c1-9(2)14-16(19)20-12(5)21-17(14)22(8-23)15-10(3)6-13(18)7-11(15)4/h6-9H,1-5H3. The molecule has 1 aromatic heterocycles. The van der Waals surface area contributed by atoms with Crippen molar-refractivity contribution in [2.75, 3.05) is 4.90 Å². The van der Waals surface area contributed by atoms with E-state index in [1.165, 1.54) is 0 Å². The van der Waals surface area contributed by atoms with Crippen LogP contribution in [0.15, 0.2) is 16.6 Å². The highest BCUT2D eigenvalue weighted by molar-refractivity contribution is 9.10. The van der Waals surface area contributed by atoms with Crippen molar-refractivity contribution in [3.63, 3.8) is 0 Å². The van der Waals surface area contributed by atoms with E-state index < -0.39 is 0 Å². The Kier molecular flexibility index (Phi) is 5.42. The van der Waals surface area contributed by atoms with Gasteiger partial charge in [0.1, 0.15) is 16.8 Å². The van der Waals surface area contributed by atoms with Crippen LogP contribution in [0.2, 0.25) is 5.15 Å². The largest absolute Gasteiger partial charge is 0.278 e. The Bertz CT molecular complexity index is 739. The minimum atomic E-state index is 0.0941. The Labute approximate surface area is 150 Å². The maximum Gasteiger partial charge on any atom is 0.219 e. The average molecular weight is 397 g/mol. The van der Waals surface area contributed by atoms with Crippen molar-refractivity contribution in [3.8, 4) is 0 Å². The van der Waals surface area contributed by atoms with Crippen LogP contribution in [-0.4, -0.2) is 16.4 Å². The molecule has 2 aromatic rings. The summed E-state index contributed by atoms with van der Waals surface area (Å²) in [5.41, 5.74) is 3.54. The first-order valence-electron chi connectivity index (χ1n) is 7.31. The topological polar surface area (TPSA) is 46.1 Å². The lowest BCUT2D eigenvalue weighted by atomic mass is 10.0. The van der Waals surface area contributed by atoms with Crippen molar-refractivity contribution in [2.24, 2.45) is 0 Å². The SMILES string of the molecule is Cc1nc(Cl)c(C(C)C)c(N(C=O)c2c(C)cc(Br)cc2C)n1. The summed E-state index contributed by atoms with van der Waals surface area (Å²) in [5, 5.41) is 0.391. The zero-order chi connectivity index (χ0) is 17.3. The normalized spacial score (nSPS) is 11.0. The Hall–Kier alpha value is -1.46. The van der Waals surface area contributed by atoms with Gasteiger partial charge in [-0.15, -0.1) is 0 Å². The van der Waals surface area contributed by atoms with Crippen molar-refractivity contribution in [1.82, 2.24) is 9.97 Å². The third-order valence-corrected chi connectivity index (χ3v) is 4.34. The molecule has 1 heterocycles. The number of amides is 1. The van der Waals surface area contributed by atoms with Gasteiger partial charge >= 0.3 is 0 Å². The average Bonchev–Trinajstić information content (AvgIpc) is 2.40. The molecule has 0 atom stereocenters. The fourth-order valence-electron chi connectivity index (χ4n) is 2.70. The lowest BCUT2D eigenvalue weighted by Crippen LogP contribution is -2.21. The van der Waals surface area contributed by atoms with E-state index in [-0.39, 0.29) is 5.92 Å². The van der Waals surface area contributed by atoms with Crippen LogP contribution in [0.3, 0.4) is 0 Å². The highest BCUT2D eigenvalue weighted by atomic mass is 79.9. The van der Waals surface area contributed by atoms with Gasteiger partial charge in [-0.1, -0.05) is 41.4 Å². The smallest absolute Gasteiger partial charge is 0.219 e. The van der Waals surface area contributed by atoms with Crippen LogP contribution >= 0.6 is 27.5 Å². The molecule has 122 valence electrons. The molecule has 2 rings (SSSR count). The van der Waals surface area contributed by atoms with Gasteiger partial charge in [0.15, 0.2) is 0 Å². The summed E-state index contributed by atoms with van der Waals surface area (Å²) in [6.07, 6.45) is 0.785. The number of halogens is 2. The zero-order valence-corrected chi connectivity index (χ0v) is 16.2. The molecule has 0 bridgehead atoms. The quantitative estimate of drug-likeness (QED) is 0.525. The number of anilines is 2. The van der Waals surface area contributed by atoms with Crippen LogP contribution in [0.5, 0.6) is 0 Å². The van der Waals surface area contributed by atoms with Gasteiger partial charge in [-0.05, 0) is 49.9 Å². The fraction of sp³-hybridized carbons (Fsp3) is 0.353. The maximum atomic E-state index is 11.9. The molecular formula is C17H19BrClN3O. The molecule has 0 fully saturated rings. The molecule has 0 aliphatic rings. The molecule has 0 saturated heterocycles. The van der Waals surface area contributed by atoms with Gasteiger partial charge in [-0.25, -0.2) is 9.97 Å². The lowest BCUT2D eigenvalue weighted by molar-refractivity contribution is -0.106. The molecule has 4 nitrogen and oxygen atoms in total. The van der Waals surface area contributed by atoms with E-state index in [2.05, 4.69) is 25.9 Å². The van der Waals surface area contributed by atoms with Crippen molar-refractivity contribution < 1.29 is 4.79 Å². The van der Waals surface area contributed by atoms with Gasteiger partial charge in [0.2, 0.25) is 6.41 Å². The van der Waals surface area contributed by atoms with Gasteiger partial charge in [0, 0.05) is 10.0 Å². The first kappa shape index (κ1) is 17.9. The zero-order valence-electron chi connectivity index (χ0n) is 13.8.